The summed E-state index contributed by atoms with van der Waals surface area (Å²) < 4.78 is 0. The lowest BCUT2D eigenvalue weighted by molar-refractivity contribution is -0.267. The van der Waals surface area contributed by atoms with E-state index in [1.807, 2.05) is 0 Å². The first-order chi connectivity index (χ1) is 9.49. The number of hydrogen-bond acceptors (Lipinski definition) is 3. The van der Waals surface area contributed by atoms with Crippen LogP contribution in [0.25, 0.3) is 0 Å². The largest absolute Gasteiger partial charge is 0.870 e. The molecule has 0 radical (unpaired) electrons. The number of anilines is 1. The average molecular weight is 291 g/mol. The number of hydrogen-bond donors (Lipinski definition) is 2. The Hall–Kier alpha value is -2.53. The molecule has 20 heavy (non-hydrogen) atoms. The number of benzene rings is 2. The molecule has 0 saturated carbocycles. The minimum Gasteiger partial charge on any atom is -0.870 e. The molecule has 0 aliphatic heterocycles. The van der Waals surface area contributed by atoms with Gasteiger partial charge in [-0.15, -0.1) is 0 Å². The third-order valence-electron chi connectivity index (χ3n) is 2.60. The summed E-state index contributed by atoms with van der Waals surface area (Å²) in [5, 5.41) is 23.5. The molecule has 0 unspecified atom stereocenters. The summed E-state index contributed by atoms with van der Waals surface area (Å²) in [6.45, 7) is 0. The Morgan fingerprint density at radius 2 is 1.75 bits per heavy atom. The van der Waals surface area contributed by atoms with Crippen LogP contribution in [0.4, 0.5) is 5.69 Å². The van der Waals surface area contributed by atoms with Crippen molar-refractivity contribution in [3.8, 4) is 5.75 Å². The molecule has 0 aromatic heterocycles. The third kappa shape index (κ3) is 2.89. The number of carbonyl (C=O) groups is 2. The van der Waals surface area contributed by atoms with Gasteiger partial charge in [-0.1, -0.05) is 23.4 Å². The Labute approximate surface area is 119 Å². The molecule has 2 aromatic rings. The van der Waals surface area contributed by atoms with Gasteiger partial charge >= 0.3 is 5.97 Å². The molecule has 2 aromatic carbocycles. The number of rotatable bonds is 3. The molecule has 2 N–H and O–H groups in total. The van der Waals surface area contributed by atoms with Crippen molar-refractivity contribution in [3.05, 3.63) is 58.6 Å². The molecular weight excluding hydrogens is 282 g/mol. The molecule has 0 aliphatic carbocycles. The molecule has 0 spiro atoms. The lowest BCUT2D eigenvalue weighted by Gasteiger charge is -2.17. The van der Waals surface area contributed by atoms with E-state index >= 15 is 0 Å². The van der Waals surface area contributed by atoms with Gasteiger partial charge in [0.2, 0.25) is 0 Å². The second-order valence-corrected chi connectivity index (χ2v) is 4.38. The van der Waals surface area contributed by atoms with Crippen LogP contribution >= 0.6 is 11.6 Å². The molecule has 5 nitrogen and oxygen atoms in total. The molecule has 0 heterocycles. The molecule has 102 valence electrons. The minimum absolute atomic E-state index is 0.0788. The molecule has 0 saturated heterocycles. The van der Waals surface area contributed by atoms with Gasteiger partial charge in [-0.2, -0.15) is 0 Å². The highest BCUT2D eigenvalue weighted by molar-refractivity contribution is 6.30. The highest BCUT2D eigenvalue weighted by atomic mass is 35.5. The van der Waals surface area contributed by atoms with Crippen molar-refractivity contribution in [2.24, 2.45) is 0 Å². The maximum absolute atomic E-state index is 11.9. The number of carbonyl (C=O) groups excluding carboxylic acids is 1. The first-order valence-corrected chi connectivity index (χ1v) is 5.97. The van der Waals surface area contributed by atoms with E-state index in [2.05, 4.69) is 5.32 Å². The topological polar surface area (TPSA) is 89.5 Å². The Morgan fingerprint density at radius 1 is 1.10 bits per heavy atom. The van der Waals surface area contributed by atoms with E-state index in [9.17, 15) is 14.7 Å². The van der Waals surface area contributed by atoms with E-state index in [1.165, 1.54) is 30.3 Å². The lowest BCUT2D eigenvalue weighted by Crippen LogP contribution is -2.15. The van der Waals surface area contributed by atoms with Gasteiger partial charge in [0.1, 0.15) is 0 Å². The summed E-state index contributed by atoms with van der Waals surface area (Å²) in [7, 11) is 0. The van der Waals surface area contributed by atoms with Crippen molar-refractivity contribution in [1.82, 2.24) is 0 Å². The Morgan fingerprint density at radius 3 is 2.35 bits per heavy atom. The average Bonchev–Trinajstić information content (AvgIpc) is 2.41. The van der Waals surface area contributed by atoms with E-state index in [4.69, 9.17) is 16.7 Å². The predicted octanol–water partition coefficient (Wildman–Crippen LogP) is 2.36. The maximum atomic E-state index is 11.9. The number of aromatic carboxylic acids is 1. The van der Waals surface area contributed by atoms with Gasteiger partial charge in [0, 0.05) is 16.3 Å². The smallest absolute Gasteiger partial charge is 0.335 e. The fraction of sp³-hybridized carbons (Fsp3) is 0. The van der Waals surface area contributed by atoms with Crippen LogP contribution < -0.4 is 10.4 Å². The van der Waals surface area contributed by atoms with Gasteiger partial charge in [0.15, 0.2) is 0 Å². The van der Waals surface area contributed by atoms with Crippen molar-refractivity contribution in [2.45, 2.75) is 0 Å². The van der Waals surface area contributed by atoms with Gasteiger partial charge in [0.25, 0.3) is 5.91 Å². The van der Waals surface area contributed by atoms with Gasteiger partial charge < -0.3 is 15.5 Å². The van der Waals surface area contributed by atoms with E-state index in [0.717, 1.165) is 0 Å². The molecular formula is C14H9ClNO4-. The summed E-state index contributed by atoms with van der Waals surface area (Å²) in [4.78, 5) is 22.8. The summed E-state index contributed by atoms with van der Waals surface area (Å²) in [5.41, 5.74) is -0.154. The van der Waals surface area contributed by atoms with Crippen LogP contribution in [-0.2, 0) is 0 Å². The molecule has 2 rings (SSSR count). The molecule has 1 amide bonds. The van der Waals surface area contributed by atoms with Crippen LogP contribution in [-0.4, -0.2) is 17.0 Å². The quantitative estimate of drug-likeness (QED) is 0.908. The zero-order chi connectivity index (χ0) is 14.7. The van der Waals surface area contributed by atoms with E-state index < -0.39 is 17.6 Å². The monoisotopic (exact) mass is 290 g/mol. The summed E-state index contributed by atoms with van der Waals surface area (Å²) in [6, 6.07) is 10.0. The third-order valence-corrected chi connectivity index (χ3v) is 2.85. The van der Waals surface area contributed by atoms with Gasteiger partial charge in [-0.3, -0.25) is 4.79 Å². The summed E-state index contributed by atoms with van der Waals surface area (Å²) >= 11 is 5.71. The predicted molar refractivity (Wildman–Crippen MR) is 72.3 cm³/mol. The van der Waals surface area contributed by atoms with Gasteiger partial charge in [-0.05, 0) is 36.4 Å². The van der Waals surface area contributed by atoms with Crippen LogP contribution in [0.1, 0.15) is 20.7 Å². The van der Waals surface area contributed by atoms with Crippen LogP contribution in [0.2, 0.25) is 5.02 Å². The Bertz CT molecular complexity index is 667. The van der Waals surface area contributed by atoms with Crippen molar-refractivity contribution in [3.63, 3.8) is 0 Å². The fourth-order valence-electron chi connectivity index (χ4n) is 1.60. The normalized spacial score (nSPS) is 10.1. The zero-order valence-electron chi connectivity index (χ0n) is 10.1. The molecule has 0 aliphatic rings. The second-order valence-electron chi connectivity index (χ2n) is 3.95. The minimum atomic E-state index is -1.34. The van der Waals surface area contributed by atoms with Crippen molar-refractivity contribution in [2.75, 3.05) is 5.32 Å². The highest BCUT2D eigenvalue weighted by Crippen LogP contribution is 2.25. The molecule has 0 bridgehead atoms. The standard InChI is InChI=1S/C14H10ClNO4/c15-9-6-4-8(5-7-9)13(18)16-11-3-1-2-10(12(11)17)14(19)20/h1-7,17H,(H,16,18)(H,19,20)/p-1. The highest BCUT2D eigenvalue weighted by Gasteiger charge is 2.10. The van der Waals surface area contributed by atoms with Crippen molar-refractivity contribution in [1.29, 1.82) is 0 Å². The number of carboxylic acids is 1. The number of amides is 1. The Balaban J connectivity index is 2.26. The fourth-order valence-corrected chi connectivity index (χ4v) is 1.73. The molecule has 0 atom stereocenters. The SMILES string of the molecule is O=C(Nc1cccc(C(=O)O)c1[O-])c1ccc(Cl)cc1. The van der Waals surface area contributed by atoms with Gasteiger partial charge in [0.05, 0.1) is 5.56 Å². The van der Waals surface area contributed by atoms with Crippen LogP contribution in [0.5, 0.6) is 5.75 Å². The van der Waals surface area contributed by atoms with Crippen molar-refractivity contribution < 1.29 is 19.8 Å². The van der Waals surface area contributed by atoms with E-state index in [1.54, 1.807) is 12.1 Å². The lowest BCUT2D eigenvalue weighted by atomic mass is 10.1. The van der Waals surface area contributed by atoms with Gasteiger partial charge in [-0.25, -0.2) is 4.79 Å². The Kier molecular flexibility index (Phi) is 3.91. The number of nitrogens with one attached hydrogen (secondary N) is 1. The zero-order valence-corrected chi connectivity index (χ0v) is 10.8. The first kappa shape index (κ1) is 13.9. The summed E-state index contributed by atoms with van der Waals surface area (Å²) in [5.74, 6) is -2.58. The van der Waals surface area contributed by atoms with E-state index in [-0.39, 0.29) is 11.3 Å². The number of carboxylic acid groups (broad SMARTS) is 1. The first-order valence-electron chi connectivity index (χ1n) is 5.59. The van der Waals surface area contributed by atoms with Crippen LogP contribution in [0.3, 0.4) is 0 Å². The van der Waals surface area contributed by atoms with E-state index in [0.29, 0.717) is 10.6 Å². The molecule has 0 fully saturated rings. The summed E-state index contributed by atoms with van der Waals surface area (Å²) in [6.07, 6.45) is 0. The van der Waals surface area contributed by atoms with Crippen LogP contribution in [0.15, 0.2) is 42.5 Å². The number of para-hydroxylation sites is 1. The van der Waals surface area contributed by atoms with Crippen LogP contribution in [0, 0.1) is 0 Å². The maximum Gasteiger partial charge on any atom is 0.335 e. The van der Waals surface area contributed by atoms with Crippen molar-refractivity contribution >= 4 is 29.2 Å². The number of halogens is 1. The molecule has 6 heteroatoms. The second kappa shape index (κ2) is 5.63.